The van der Waals surface area contributed by atoms with Crippen molar-refractivity contribution in [2.75, 3.05) is 0 Å². The molecule has 3 aromatic rings. The maximum atomic E-state index is 5.78. The molecule has 2 heterocycles. The largest absolute Gasteiger partial charge is 0.358 e. The molecule has 1 aromatic carbocycles. The lowest BCUT2D eigenvalue weighted by atomic mass is 10.0. The number of H-pyrrole nitrogens is 1. The van der Waals surface area contributed by atoms with E-state index >= 15 is 0 Å². The Morgan fingerprint density at radius 3 is 2.89 bits per heavy atom. The van der Waals surface area contributed by atoms with Crippen LogP contribution < -0.4 is 5.73 Å². The molecule has 0 radical (unpaired) electrons. The fourth-order valence-electron chi connectivity index (χ4n) is 2.52. The summed E-state index contributed by atoms with van der Waals surface area (Å²) in [6, 6.07) is 8.30. The summed E-state index contributed by atoms with van der Waals surface area (Å²) in [6.07, 6.45) is 2.03. The quantitative estimate of drug-likeness (QED) is 0.722. The number of nitrogens with one attached hydrogen (secondary N) is 1. The van der Waals surface area contributed by atoms with Crippen LogP contribution in [0.5, 0.6) is 0 Å². The van der Waals surface area contributed by atoms with Gasteiger partial charge >= 0.3 is 0 Å². The van der Waals surface area contributed by atoms with Crippen molar-refractivity contribution in [3.05, 3.63) is 41.9 Å². The van der Waals surface area contributed by atoms with Gasteiger partial charge in [0.25, 0.3) is 0 Å². The van der Waals surface area contributed by atoms with Crippen molar-refractivity contribution in [2.24, 2.45) is 12.8 Å². The normalized spacial score (nSPS) is 11.3. The zero-order chi connectivity index (χ0) is 12.7. The van der Waals surface area contributed by atoms with E-state index in [1.165, 1.54) is 10.9 Å². The number of nitrogens with two attached hydrogens (primary N) is 1. The molecule has 0 aliphatic heterocycles. The molecule has 0 fully saturated rings. The number of aromatic nitrogens is 3. The minimum Gasteiger partial charge on any atom is -0.358 e. The molecule has 18 heavy (non-hydrogen) atoms. The van der Waals surface area contributed by atoms with Gasteiger partial charge in [-0.2, -0.15) is 5.10 Å². The Kier molecular flexibility index (Phi) is 2.45. The Morgan fingerprint density at radius 1 is 1.33 bits per heavy atom. The average molecular weight is 240 g/mol. The highest BCUT2D eigenvalue weighted by atomic mass is 15.3. The van der Waals surface area contributed by atoms with Crippen molar-refractivity contribution in [3.8, 4) is 11.1 Å². The van der Waals surface area contributed by atoms with Gasteiger partial charge < -0.3 is 10.7 Å². The SMILES string of the molecule is Cc1[nH]c2ccccc2c1-c1cn(C)nc1CN. The van der Waals surface area contributed by atoms with Crippen LogP contribution >= 0.6 is 0 Å². The first-order valence-corrected chi connectivity index (χ1v) is 6.01. The van der Waals surface area contributed by atoms with Gasteiger partial charge in [0.05, 0.1) is 5.69 Å². The highest BCUT2D eigenvalue weighted by Crippen LogP contribution is 2.33. The first kappa shape index (κ1) is 11.0. The van der Waals surface area contributed by atoms with Crippen molar-refractivity contribution in [1.82, 2.24) is 14.8 Å². The summed E-state index contributed by atoms with van der Waals surface area (Å²) in [5.74, 6) is 0. The van der Waals surface area contributed by atoms with E-state index in [2.05, 4.69) is 35.2 Å². The molecule has 0 aliphatic carbocycles. The lowest BCUT2D eigenvalue weighted by Gasteiger charge is -2.00. The lowest BCUT2D eigenvalue weighted by molar-refractivity contribution is 0.742. The number of nitrogens with zero attached hydrogens (tertiary/aromatic N) is 2. The van der Waals surface area contributed by atoms with Crippen molar-refractivity contribution >= 4 is 10.9 Å². The Morgan fingerprint density at radius 2 is 2.11 bits per heavy atom. The lowest BCUT2D eigenvalue weighted by Crippen LogP contribution is -2.00. The number of benzene rings is 1. The van der Waals surface area contributed by atoms with E-state index in [0.29, 0.717) is 6.54 Å². The predicted octanol–water partition coefficient (Wildman–Crippen LogP) is 2.34. The molecule has 4 nitrogen and oxygen atoms in total. The van der Waals surface area contributed by atoms with E-state index in [1.807, 2.05) is 24.0 Å². The number of rotatable bonds is 2. The highest BCUT2D eigenvalue weighted by Gasteiger charge is 2.15. The summed E-state index contributed by atoms with van der Waals surface area (Å²) in [5, 5.41) is 5.63. The van der Waals surface area contributed by atoms with Crippen LogP contribution in [0.1, 0.15) is 11.4 Å². The number of aromatic amines is 1. The summed E-state index contributed by atoms with van der Waals surface area (Å²) in [7, 11) is 1.92. The smallest absolute Gasteiger partial charge is 0.0839 e. The van der Waals surface area contributed by atoms with Crippen molar-refractivity contribution in [3.63, 3.8) is 0 Å². The summed E-state index contributed by atoms with van der Waals surface area (Å²) in [5.41, 5.74) is 11.3. The third kappa shape index (κ3) is 1.54. The van der Waals surface area contributed by atoms with Crippen LogP contribution in [0.4, 0.5) is 0 Å². The molecule has 0 atom stereocenters. The van der Waals surface area contributed by atoms with E-state index in [9.17, 15) is 0 Å². The van der Waals surface area contributed by atoms with Gasteiger partial charge in [0, 0.05) is 47.5 Å². The number of hydrogen-bond acceptors (Lipinski definition) is 2. The van der Waals surface area contributed by atoms with Gasteiger partial charge in [0.2, 0.25) is 0 Å². The Bertz CT molecular complexity index is 706. The number of hydrogen-bond donors (Lipinski definition) is 2. The molecule has 0 aliphatic rings. The monoisotopic (exact) mass is 240 g/mol. The Labute approximate surface area is 105 Å². The molecule has 2 aromatic heterocycles. The van der Waals surface area contributed by atoms with Crippen molar-refractivity contribution in [1.29, 1.82) is 0 Å². The fraction of sp³-hybridized carbons (Fsp3) is 0.214. The van der Waals surface area contributed by atoms with Gasteiger partial charge in [-0.3, -0.25) is 4.68 Å². The van der Waals surface area contributed by atoms with Gasteiger partial charge in [-0.1, -0.05) is 18.2 Å². The summed E-state index contributed by atoms with van der Waals surface area (Å²) in [6.45, 7) is 2.54. The minimum absolute atomic E-state index is 0.453. The van der Waals surface area contributed by atoms with Crippen molar-refractivity contribution < 1.29 is 0 Å². The van der Waals surface area contributed by atoms with Gasteiger partial charge in [-0.15, -0.1) is 0 Å². The minimum atomic E-state index is 0.453. The second kappa shape index (κ2) is 3.99. The number of para-hydroxylation sites is 1. The van der Waals surface area contributed by atoms with Crippen LogP contribution in [0.2, 0.25) is 0 Å². The molecular weight excluding hydrogens is 224 g/mol. The standard InChI is InChI=1S/C14H16N4/c1-9-14(10-5-3-4-6-12(10)16-9)11-8-18(2)17-13(11)7-15/h3-6,8,16H,7,15H2,1-2H3. The van der Waals surface area contributed by atoms with Crippen LogP contribution in [0.25, 0.3) is 22.0 Å². The molecule has 92 valence electrons. The number of fused-ring (bicyclic) bond motifs is 1. The van der Waals surface area contributed by atoms with E-state index in [1.54, 1.807) is 0 Å². The second-order valence-corrected chi connectivity index (χ2v) is 4.54. The summed E-state index contributed by atoms with van der Waals surface area (Å²) in [4.78, 5) is 3.41. The van der Waals surface area contributed by atoms with Gasteiger partial charge in [0.15, 0.2) is 0 Å². The summed E-state index contributed by atoms with van der Waals surface area (Å²) >= 11 is 0. The molecule has 0 saturated carbocycles. The van der Waals surface area contributed by atoms with E-state index in [-0.39, 0.29) is 0 Å². The first-order valence-electron chi connectivity index (χ1n) is 6.01. The van der Waals surface area contributed by atoms with E-state index in [4.69, 9.17) is 5.73 Å². The van der Waals surface area contributed by atoms with Gasteiger partial charge in [-0.25, -0.2) is 0 Å². The number of aryl methyl sites for hydroxylation is 2. The zero-order valence-electron chi connectivity index (χ0n) is 10.6. The Hall–Kier alpha value is -2.07. The van der Waals surface area contributed by atoms with E-state index in [0.717, 1.165) is 22.5 Å². The molecule has 0 spiro atoms. The maximum absolute atomic E-state index is 5.78. The van der Waals surface area contributed by atoms with Crippen molar-refractivity contribution in [2.45, 2.75) is 13.5 Å². The van der Waals surface area contributed by atoms with Gasteiger partial charge in [0.1, 0.15) is 0 Å². The molecule has 3 rings (SSSR count). The highest BCUT2D eigenvalue weighted by molar-refractivity contribution is 5.97. The zero-order valence-corrected chi connectivity index (χ0v) is 10.6. The van der Waals surface area contributed by atoms with Gasteiger partial charge in [-0.05, 0) is 13.0 Å². The van der Waals surface area contributed by atoms with Crippen LogP contribution in [-0.2, 0) is 13.6 Å². The molecule has 0 unspecified atom stereocenters. The second-order valence-electron chi connectivity index (χ2n) is 4.54. The fourth-order valence-corrected chi connectivity index (χ4v) is 2.52. The molecule has 0 amide bonds. The third-order valence-electron chi connectivity index (χ3n) is 3.26. The topological polar surface area (TPSA) is 59.6 Å². The molecular formula is C14H16N4. The predicted molar refractivity (Wildman–Crippen MR) is 73.1 cm³/mol. The third-order valence-corrected chi connectivity index (χ3v) is 3.26. The molecule has 0 bridgehead atoms. The molecule has 0 saturated heterocycles. The van der Waals surface area contributed by atoms with Crippen LogP contribution in [0.15, 0.2) is 30.5 Å². The van der Waals surface area contributed by atoms with Crippen LogP contribution in [0, 0.1) is 6.92 Å². The molecule has 3 N–H and O–H groups in total. The Balaban J connectivity index is 2.33. The first-order chi connectivity index (χ1) is 8.70. The molecule has 4 heteroatoms. The van der Waals surface area contributed by atoms with Crippen LogP contribution in [-0.4, -0.2) is 14.8 Å². The summed E-state index contributed by atoms with van der Waals surface area (Å²) < 4.78 is 1.82. The van der Waals surface area contributed by atoms with Crippen LogP contribution in [0.3, 0.4) is 0 Å². The maximum Gasteiger partial charge on any atom is 0.0839 e. The average Bonchev–Trinajstić information content (AvgIpc) is 2.87. The van der Waals surface area contributed by atoms with E-state index < -0.39 is 0 Å².